The summed E-state index contributed by atoms with van der Waals surface area (Å²) in [5.41, 5.74) is 7.13. The average molecular weight is 265 g/mol. The number of hydrogen-bond acceptors (Lipinski definition) is 5. The quantitative estimate of drug-likeness (QED) is 0.897. The van der Waals surface area contributed by atoms with Crippen LogP contribution in [0.25, 0.3) is 11.4 Å². The summed E-state index contributed by atoms with van der Waals surface area (Å²) in [5, 5.41) is 3.86. The van der Waals surface area contributed by atoms with Crippen molar-refractivity contribution in [3.8, 4) is 11.4 Å². The molecule has 2 aromatic rings. The molecule has 1 unspecified atom stereocenters. The molecule has 0 aliphatic heterocycles. The standard InChI is InChI=1S/C13H16FN3O2/c1-8-7-9(3-4-10(8)14)12-16-13(19-17-12)11(15)5-6-18-2/h3-4,7,11H,5-6,15H2,1-2H3. The second-order valence-corrected chi connectivity index (χ2v) is 4.31. The predicted octanol–water partition coefficient (Wildman–Crippen LogP) is 2.22. The van der Waals surface area contributed by atoms with Crippen molar-refractivity contribution in [1.29, 1.82) is 0 Å². The van der Waals surface area contributed by atoms with Gasteiger partial charge in [-0.05, 0) is 37.1 Å². The van der Waals surface area contributed by atoms with Gasteiger partial charge in [0.05, 0.1) is 6.04 Å². The molecule has 0 spiro atoms. The van der Waals surface area contributed by atoms with E-state index in [1.807, 2.05) is 0 Å². The Morgan fingerprint density at radius 2 is 2.26 bits per heavy atom. The average Bonchev–Trinajstić information content (AvgIpc) is 2.89. The molecule has 0 saturated carbocycles. The Hall–Kier alpha value is -1.79. The van der Waals surface area contributed by atoms with Crippen molar-refractivity contribution in [3.05, 3.63) is 35.5 Å². The normalized spacial score (nSPS) is 12.6. The zero-order valence-electron chi connectivity index (χ0n) is 10.9. The van der Waals surface area contributed by atoms with Crippen LogP contribution in [0.3, 0.4) is 0 Å². The van der Waals surface area contributed by atoms with E-state index in [2.05, 4.69) is 10.1 Å². The Balaban J connectivity index is 2.18. The SMILES string of the molecule is COCCC(N)c1nc(-c2ccc(F)c(C)c2)no1. The summed E-state index contributed by atoms with van der Waals surface area (Å²) in [7, 11) is 1.60. The molecule has 2 N–H and O–H groups in total. The lowest BCUT2D eigenvalue weighted by atomic mass is 10.1. The van der Waals surface area contributed by atoms with Crippen molar-refractivity contribution in [2.24, 2.45) is 5.73 Å². The monoisotopic (exact) mass is 265 g/mol. The minimum absolute atomic E-state index is 0.260. The molecule has 5 nitrogen and oxygen atoms in total. The van der Waals surface area contributed by atoms with Gasteiger partial charge in [-0.15, -0.1) is 0 Å². The van der Waals surface area contributed by atoms with Crippen molar-refractivity contribution in [3.63, 3.8) is 0 Å². The van der Waals surface area contributed by atoms with Gasteiger partial charge in [0.1, 0.15) is 5.82 Å². The molecule has 6 heteroatoms. The number of benzene rings is 1. The second kappa shape index (κ2) is 5.90. The maximum atomic E-state index is 13.2. The third kappa shape index (κ3) is 3.15. The molecule has 1 heterocycles. The molecule has 0 saturated heterocycles. The molecule has 0 fully saturated rings. The first kappa shape index (κ1) is 13.6. The van der Waals surface area contributed by atoms with E-state index in [1.165, 1.54) is 6.07 Å². The fourth-order valence-electron chi connectivity index (χ4n) is 1.66. The predicted molar refractivity (Wildman–Crippen MR) is 67.9 cm³/mol. The summed E-state index contributed by atoms with van der Waals surface area (Å²) >= 11 is 0. The number of aromatic nitrogens is 2. The summed E-state index contributed by atoms with van der Waals surface area (Å²) in [4.78, 5) is 4.22. The zero-order chi connectivity index (χ0) is 13.8. The fraction of sp³-hybridized carbons (Fsp3) is 0.385. The zero-order valence-corrected chi connectivity index (χ0v) is 10.9. The van der Waals surface area contributed by atoms with Crippen molar-refractivity contribution in [1.82, 2.24) is 10.1 Å². The Morgan fingerprint density at radius 1 is 1.47 bits per heavy atom. The van der Waals surface area contributed by atoms with Gasteiger partial charge in [-0.25, -0.2) is 4.39 Å². The van der Waals surface area contributed by atoms with Crippen LogP contribution in [-0.4, -0.2) is 23.9 Å². The first-order chi connectivity index (χ1) is 9.11. The Kier molecular flexibility index (Phi) is 4.24. The Morgan fingerprint density at radius 3 is 2.95 bits per heavy atom. The van der Waals surface area contributed by atoms with E-state index in [0.717, 1.165) is 0 Å². The van der Waals surface area contributed by atoms with Gasteiger partial charge >= 0.3 is 0 Å². The highest BCUT2D eigenvalue weighted by molar-refractivity contribution is 5.55. The van der Waals surface area contributed by atoms with Crippen LogP contribution in [0.4, 0.5) is 4.39 Å². The summed E-state index contributed by atoms with van der Waals surface area (Å²) in [6, 6.07) is 4.30. The molecule has 19 heavy (non-hydrogen) atoms. The molecular weight excluding hydrogens is 249 g/mol. The molecule has 0 bridgehead atoms. The van der Waals surface area contributed by atoms with Crippen LogP contribution >= 0.6 is 0 Å². The summed E-state index contributed by atoms with van der Waals surface area (Å²) in [5.74, 6) is 0.504. The van der Waals surface area contributed by atoms with Gasteiger partial charge in [-0.3, -0.25) is 0 Å². The third-order valence-electron chi connectivity index (χ3n) is 2.81. The van der Waals surface area contributed by atoms with Crippen molar-refractivity contribution >= 4 is 0 Å². The topological polar surface area (TPSA) is 74.2 Å². The van der Waals surface area contributed by atoms with Crippen molar-refractivity contribution in [2.75, 3.05) is 13.7 Å². The number of halogens is 1. The molecule has 1 aromatic heterocycles. The number of aryl methyl sites for hydroxylation is 1. The van der Waals surface area contributed by atoms with E-state index in [4.69, 9.17) is 15.0 Å². The summed E-state index contributed by atoms with van der Waals surface area (Å²) < 4.78 is 23.2. The third-order valence-corrected chi connectivity index (χ3v) is 2.81. The van der Waals surface area contributed by atoms with Gasteiger partial charge in [-0.2, -0.15) is 4.98 Å². The molecule has 102 valence electrons. The number of hydrogen-bond donors (Lipinski definition) is 1. The molecule has 0 aliphatic rings. The Bertz CT molecular complexity index is 557. The van der Waals surface area contributed by atoms with Gasteiger partial charge in [0.25, 0.3) is 0 Å². The Labute approximate surface area is 110 Å². The molecule has 0 aliphatic carbocycles. The van der Waals surface area contributed by atoms with Gasteiger partial charge in [0, 0.05) is 19.3 Å². The summed E-state index contributed by atoms with van der Waals surface area (Å²) in [6.45, 7) is 2.21. The molecular formula is C13H16FN3O2. The first-order valence-corrected chi connectivity index (χ1v) is 5.96. The maximum Gasteiger partial charge on any atom is 0.243 e. The van der Waals surface area contributed by atoms with Crippen LogP contribution in [0.5, 0.6) is 0 Å². The van der Waals surface area contributed by atoms with Gasteiger partial charge < -0.3 is 15.0 Å². The van der Waals surface area contributed by atoms with Crippen LogP contribution in [0.1, 0.15) is 23.9 Å². The van der Waals surface area contributed by atoms with E-state index in [0.29, 0.717) is 35.9 Å². The van der Waals surface area contributed by atoms with Crippen molar-refractivity contribution in [2.45, 2.75) is 19.4 Å². The van der Waals surface area contributed by atoms with E-state index >= 15 is 0 Å². The van der Waals surface area contributed by atoms with Gasteiger partial charge in [-0.1, -0.05) is 5.16 Å². The lowest BCUT2D eigenvalue weighted by Crippen LogP contribution is -2.12. The number of methoxy groups -OCH3 is 1. The van der Waals surface area contributed by atoms with E-state index in [-0.39, 0.29) is 11.9 Å². The maximum absolute atomic E-state index is 13.2. The number of nitrogens with two attached hydrogens (primary N) is 1. The van der Waals surface area contributed by atoms with Gasteiger partial charge in [0.2, 0.25) is 11.7 Å². The minimum atomic E-state index is -0.359. The molecule has 2 rings (SSSR count). The van der Waals surface area contributed by atoms with Crippen LogP contribution in [-0.2, 0) is 4.74 Å². The van der Waals surface area contributed by atoms with E-state index in [1.54, 1.807) is 26.2 Å². The molecule has 1 atom stereocenters. The van der Waals surface area contributed by atoms with Crippen LogP contribution < -0.4 is 5.73 Å². The van der Waals surface area contributed by atoms with Crippen LogP contribution in [0.15, 0.2) is 22.7 Å². The van der Waals surface area contributed by atoms with Gasteiger partial charge in [0.15, 0.2) is 0 Å². The number of rotatable bonds is 5. The number of ether oxygens (including phenoxy) is 1. The fourth-order valence-corrected chi connectivity index (χ4v) is 1.66. The smallest absolute Gasteiger partial charge is 0.243 e. The lowest BCUT2D eigenvalue weighted by Gasteiger charge is -2.04. The second-order valence-electron chi connectivity index (χ2n) is 4.31. The van der Waals surface area contributed by atoms with Crippen LogP contribution in [0.2, 0.25) is 0 Å². The number of nitrogens with zero attached hydrogens (tertiary/aromatic N) is 2. The highest BCUT2D eigenvalue weighted by atomic mass is 19.1. The largest absolute Gasteiger partial charge is 0.385 e. The van der Waals surface area contributed by atoms with Crippen molar-refractivity contribution < 1.29 is 13.7 Å². The molecule has 0 amide bonds. The van der Waals surface area contributed by atoms with E-state index < -0.39 is 0 Å². The highest BCUT2D eigenvalue weighted by Gasteiger charge is 2.15. The summed E-state index contributed by atoms with van der Waals surface area (Å²) in [6.07, 6.45) is 0.598. The van der Waals surface area contributed by atoms with Crippen LogP contribution in [0, 0.1) is 12.7 Å². The van der Waals surface area contributed by atoms with E-state index in [9.17, 15) is 4.39 Å². The lowest BCUT2D eigenvalue weighted by molar-refractivity contribution is 0.182. The first-order valence-electron chi connectivity index (χ1n) is 5.96. The molecule has 1 aromatic carbocycles. The molecule has 0 radical (unpaired) electrons. The minimum Gasteiger partial charge on any atom is -0.385 e. The highest BCUT2D eigenvalue weighted by Crippen LogP contribution is 2.21.